The molecule has 2 saturated heterocycles. The summed E-state index contributed by atoms with van der Waals surface area (Å²) in [7, 11) is 3.90. The average Bonchev–Trinajstić information content (AvgIpc) is 2.70. The molecule has 0 saturated carbocycles. The van der Waals surface area contributed by atoms with Crippen molar-refractivity contribution < 1.29 is 14.6 Å². The maximum absolute atomic E-state index is 12.6. The van der Waals surface area contributed by atoms with Crippen molar-refractivity contribution in [2.24, 2.45) is 0 Å². The molecule has 1 aromatic rings. The monoisotopic (exact) mass is 404 g/mol. The van der Waals surface area contributed by atoms with E-state index >= 15 is 0 Å². The van der Waals surface area contributed by atoms with Crippen LogP contribution in [0.3, 0.4) is 0 Å². The maximum atomic E-state index is 12.6. The van der Waals surface area contributed by atoms with Gasteiger partial charge in [-0.25, -0.2) is 0 Å². The summed E-state index contributed by atoms with van der Waals surface area (Å²) >= 11 is 0. The van der Waals surface area contributed by atoms with Gasteiger partial charge in [-0.1, -0.05) is 30.3 Å². The summed E-state index contributed by atoms with van der Waals surface area (Å²) < 4.78 is 5.84. The van der Waals surface area contributed by atoms with Crippen LogP contribution in [0.5, 0.6) is 0 Å². The molecule has 1 amide bonds. The summed E-state index contributed by atoms with van der Waals surface area (Å²) in [6.07, 6.45) is -0.241. The maximum Gasteiger partial charge on any atom is 0.225 e. The molecule has 0 unspecified atom stereocenters. The van der Waals surface area contributed by atoms with Crippen LogP contribution in [0.15, 0.2) is 30.3 Å². The van der Waals surface area contributed by atoms with Crippen molar-refractivity contribution in [3.8, 4) is 0 Å². The van der Waals surface area contributed by atoms with Crippen molar-refractivity contribution in [1.82, 2.24) is 19.6 Å². The van der Waals surface area contributed by atoms with Crippen LogP contribution in [-0.2, 0) is 16.1 Å². The van der Waals surface area contributed by atoms with Gasteiger partial charge < -0.3 is 19.6 Å². The van der Waals surface area contributed by atoms with Crippen LogP contribution in [0.1, 0.15) is 12.0 Å². The van der Waals surface area contributed by atoms with E-state index in [9.17, 15) is 9.90 Å². The SMILES string of the molecule is CN1CCN(C[C@H](O)CN(C)C(=O)C[C@@H]2CN(Cc3ccccc3)CCO2)CC1. The summed E-state index contributed by atoms with van der Waals surface area (Å²) in [6, 6.07) is 10.4. The number of benzene rings is 1. The van der Waals surface area contributed by atoms with Crippen molar-refractivity contribution in [2.45, 2.75) is 25.2 Å². The minimum atomic E-state index is -0.519. The number of rotatable bonds is 8. The van der Waals surface area contributed by atoms with Gasteiger partial charge in [0.1, 0.15) is 0 Å². The molecule has 3 rings (SSSR count). The lowest BCUT2D eigenvalue weighted by molar-refractivity contribution is -0.136. The number of likely N-dealkylation sites (N-methyl/N-ethyl adjacent to an activating group) is 2. The molecular weight excluding hydrogens is 368 g/mol. The molecule has 29 heavy (non-hydrogen) atoms. The van der Waals surface area contributed by atoms with Crippen molar-refractivity contribution >= 4 is 5.91 Å². The van der Waals surface area contributed by atoms with Crippen molar-refractivity contribution in [3.63, 3.8) is 0 Å². The van der Waals surface area contributed by atoms with E-state index in [-0.39, 0.29) is 12.0 Å². The first-order valence-corrected chi connectivity index (χ1v) is 10.7. The third kappa shape index (κ3) is 7.35. The molecule has 2 aliphatic rings. The predicted molar refractivity (Wildman–Crippen MR) is 114 cm³/mol. The van der Waals surface area contributed by atoms with Gasteiger partial charge in [-0.2, -0.15) is 0 Å². The van der Waals surface area contributed by atoms with Gasteiger partial charge in [0.2, 0.25) is 5.91 Å². The molecule has 1 aromatic carbocycles. The number of aliphatic hydroxyl groups excluding tert-OH is 1. The molecule has 0 aromatic heterocycles. The third-order valence-electron chi connectivity index (χ3n) is 5.85. The number of amides is 1. The lowest BCUT2D eigenvalue weighted by Gasteiger charge is -2.35. The summed E-state index contributed by atoms with van der Waals surface area (Å²) in [6.45, 7) is 8.17. The zero-order chi connectivity index (χ0) is 20.6. The smallest absolute Gasteiger partial charge is 0.225 e. The number of β-amino-alcohol motifs (C(OH)–C–C–N with tert-alkyl or cyclic N) is 1. The molecular formula is C22H36N4O3. The number of carbonyl (C=O) groups excluding carboxylic acids is 1. The van der Waals surface area contributed by atoms with E-state index in [1.165, 1.54) is 5.56 Å². The Morgan fingerprint density at radius 2 is 1.90 bits per heavy atom. The summed E-state index contributed by atoms with van der Waals surface area (Å²) in [5, 5.41) is 10.4. The summed E-state index contributed by atoms with van der Waals surface area (Å²) in [5.74, 6) is 0.0361. The van der Waals surface area contributed by atoms with E-state index < -0.39 is 6.10 Å². The number of morpholine rings is 1. The average molecular weight is 405 g/mol. The first kappa shape index (κ1) is 22.2. The topological polar surface area (TPSA) is 59.5 Å². The van der Waals surface area contributed by atoms with Crippen LogP contribution in [0.4, 0.5) is 0 Å². The number of hydrogen-bond acceptors (Lipinski definition) is 6. The number of hydrogen-bond donors (Lipinski definition) is 1. The van der Waals surface area contributed by atoms with Crippen molar-refractivity contribution in [3.05, 3.63) is 35.9 Å². The number of nitrogens with zero attached hydrogens (tertiary/aromatic N) is 4. The predicted octanol–water partition coefficient (Wildman–Crippen LogP) is 0.344. The first-order chi connectivity index (χ1) is 14.0. The van der Waals surface area contributed by atoms with Gasteiger partial charge in [-0.3, -0.25) is 14.6 Å². The highest BCUT2D eigenvalue weighted by molar-refractivity contribution is 5.76. The van der Waals surface area contributed by atoms with Crippen LogP contribution < -0.4 is 0 Å². The summed E-state index contributed by atoms with van der Waals surface area (Å²) in [5.41, 5.74) is 1.28. The second-order valence-corrected chi connectivity index (χ2v) is 8.45. The summed E-state index contributed by atoms with van der Waals surface area (Å²) in [4.78, 5) is 21.2. The van der Waals surface area contributed by atoms with Crippen LogP contribution in [-0.4, -0.2) is 116 Å². The van der Waals surface area contributed by atoms with Gasteiger partial charge in [-0.15, -0.1) is 0 Å². The van der Waals surface area contributed by atoms with E-state index in [1.807, 2.05) is 6.07 Å². The van der Waals surface area contributed by atoms with E-state index in [0.29, 0.717) is 26.1 Å². The van der Waals surface area contributed by atoms with E-state index in [1.54, 1.807) is 11.9 Å². The Morgan fingerprint density at radius 1 is 1.17 bits per heavy atom. The fourth-order valence-corrected chi connectivity index (χ4v) is 4.04. The molecule has 2 atom stereocenters. The second-order valence-electron chi connectivity index (χ2n) is 8.45. The lowest BCUT2D eigenvalue weighted by Crippen LogP contribution is -2.49. The Kier molecular flexibility index (Phi) is 8.44. The molecule has 0 radical (unpaired) electrons. The number of ether oxygens (including phenoxy) is 1. The molecule has 0 bridgehead atoms. The molecule has 7 heteroatoms. The Labute approximate surface area is 174 Å². The second kappa shape index (κ2) is 11.0. The quantitative estimate of drug-likeness (QED) is 0.675. The third-order valence-corrected chi connectivity index (χ3v) is 5.85. The zero-order valence-corrected chi connectivity index (χ0v) is 17.9. The van der Waals surface area contributed by atoms with Gasteiger partial charge in [-0.05, 0) is 12.6 Å². The van der Waals surface area contributed by atoms with Gasteiger partial charge in [0.05, 0.1) is 25.2 Å². The minimum Gasteiger partial charge on any atom is -0.390 e. The molecule has 1 N–H and O–H groups in total. The first-order valence-electron chi connectivity index (χ1n) is 10.7. The van der Waals surface area contributed by atoms with Gasteiger partial charge >= 0.3 is 0 Å². The van der Waals surface area contributed by atoms with E-state index in [2.05, 4.69) is 46.0 Å². The molecule has 0 aliphatic carbocycles. The number of carbonyl (C=O) groups is 1. The number of aliphatic hydroxyl groups is 1. The van der Waals surface area contributed by atoms with Crippen molar-refractivity contribution in [2.75, 3.05) is 73.1 Å². The minimum absolute atomic E-state index is 0.0361. The zero-order valence-electron chi connectivity index (χ0n) is 17.9. The van der Waals surface area contributed by atoms with Gasteiger partial charge in [0.15, 0.2) is 0 Å². The van der Waals surface area contributed by atoms with Crippen LogP contribution in [0, 0.1) is 0 Å². The van der Waals surface area contributed by atoms with Gasteiger partial charge in [0, 0.05) is 66.0 Å². The highest BCUT2D eigenvalue weighted by Crippen LogP contribution is 2.14. The largest absolute Gasteiger partial charge is 0.390 e. The van der Waals surface area contributed by atoms with Crippen LogP contribution in [0.2, 0.25) is 0 Å². The Morgan fingerprint density at radius 3 is 2.62 bits per heavy atom. The molecule has 2 aliphatic heterocycles. The fraction of sp³-hybridized carbons (Fsp3) is 0.682. The van der Waals surface area contributed by atoms with Crippen LogP contribution in [0.25, 0.3) is 0 Å². The highest BCUT2D eigenvalue weighted by atomic mass is 16.5. The Balaban J connectivity index is 1.39. The number of piperazine rings is 1. The standard InChI is InChI=1S/C22H36N4O3/c1-23-8-10-25(11-9-23)17-20(27)16-24(2)22(28)14-21-18-26(12-13-29-21)15-19-6-4-3-5-7-19/h3-7,20-21,27H,8-18H2,1-2H3/t20-,21-/m1/s1. The van der Waals surface area contributed by atoms with Crippen molar-refractivity contribution in [1.29, 1.82) is 0 Å². The molecule has 7 nitrogen and oxygen atoms in total. The molecule has 162 valence electrons. The molecule has 0 spiro atoms. The molecule has 2 heterocycles. The fourth-order valence-electron chi connectivity index (χ4n) is 4.04. The normalized spacial score (nSPS) is 23.1. The van der Waals surface area contributed by atoms with Crippen LogP contribution >= 0.6 is 0 Å². The molecule has 2 fully saturated rings. The van der Waals surface area contributed by atoms with E-state index in [4.69, 9.17) is 4.74 Å². The van der Waals surface area contributed by atoms with Gasteiger partial charge in [0.25, 0.3) is 0 Å². The Hall–Kier alpha value is -1.51. The highest BCUT2D eigenvalue weighted by Gasteiger charge is 2.25. The lowest BCUT2D eigenvalue weighted by atomic mass is 10.1. The van der Waals surface area contributed by atoms with E-state index in [0.717, 1.165) is 45.8 Å². The Bertz CT molecular complexity index is 622.